The molecule has 0 saturated carbocycles. The Kier molecular flexibility index (Phi) is 3.75. The van der Waals surface area contributed by atoms with Crippen LogP contribution in [0.1, 0.15) is 23.0 Å². The maximum atomic E-state index is 11.9. The summed E-state index contributed by atoms with van der Waals surface area (Å²) < 4.78 is 6.79. The molecule has 1 atom stereocenters. The minimum atomic E-state index is -0.410. The smallest absolute Gasteiger partial charge is 0.342 e. The van der Waals surface area contributed by atoms with E-state index >= 15 is 0 Å². The second-order valence-electron chi connectivity index (χ2n) is 4.09. The molecule has 0 radical (unpaired) electrons. The third-order valence-electron chi connectivity index (χ3n) is 2.72. The van der Waals surface area contributed by atoms with Crippen LogP contribution in [0.2, 0.25) is 0 Å². The van der Waals surface area contributed by atoms with Crippen LogP contribution in [0.15, 0.2) is 43.2 Å². The molecule has 2 heterocycles. The fraction of sp³-hybridized carbons (Fsp3) is 0.214. The highest BCUT2D eigenvalue weighted by molar-refractivity contribution is 5.90. The highest BCUT2D eigenvalue weighted by Crippen LogP contribution is 2.14. The van der Waals surface area contributed by atoms with E-state index in [0.717, 1.165) is 0 Å². The molecule has 0 spiro atoms. The lowest BCUT2D eigenvalue weighted by molar-refractivity contribution is 0.0424. The van der Waals surface area contributed by atoms with E-state index in [1.807, 2.05) is 18.2 Å². The fourth-order valence-electron chi connectivity index (χ4n) is 1.60. The first-order chi connectivity index (χ1) is 9.13. The van der Waals surface area contributed by atoms with Gasteiger partial charge in [0, 0.05) is 6.20 Å². The van der Waals surface area contributed by atoms with E-state index in [1.54, 1.807) is 30.8 Å². The van der Waals surface area contributed by atoms with Gasteiger partial charge in [-0.15, -0.1) is 0 Å². The molecule has 0 aliphatic heterocycles. The van der Waals surface area contributed by atoms with Crippen LogP contribution in [0.3, 0.4) is 0 Å². The largest absolute Gasteiger partial charge is 0.455 e. The molecule has 19 heavy (non-hydrogen) atoms. The summed E-state index contributed by atoms with van der Waals surface area (Å²) in [6.07, 6.45) is 4.40. The Balaban J connectivity index is 2.28. The van der Waals surface area contributed by atoms with Gasteiger partial charge in [-0.3, -0.25) is 0 Å². The first kappa shape index (κ1) is 13.0. The van der Waals surface area contributed by atoms with Crippen molar-refractivity contribution in [3.63, 3.8) is 0 Å². The van der Waals surface area contributed by atoms with E-state index in [0.29, 0.717) is 17.1 Å². The Morgan fingerprint density at radius 2 is 2.32 bits per heavy atom. The molecule has 0 bridgehead atoms. The van der Waals surface area contributed by atoms with Crippen molar-refractivity contribution in [1.29, 1.82) is 0 Å². The zero-order valence-corrected chi connectivity index (χ0v) is 10.9. The first-order valence-electron chi connectivity index (χ1n) is 5.93. The van der Waals surface area contributed by atoms with Crippen LogP contribution < -0.4 is 0 Å². The molecule has 0 amide bonds. The molecule has 0 aliphatic rings. The number of aromatic nitrogens is 3. The number of nitrogens with zero attached hydrogens (tertiary/aromatic N) is 3. The molecule has 0 aliphatic carbocycles. The van der Waals surface area contributed by atoms with E-state index in [9.17, 15) is 4.79 Å². The second-order valence-corrected chi connectivity index (χ2v) is 4.09. The van der Waals surface area contributed by atoms with Crippen molar-refractivity contribution in [2.45, 2.75) is 20.0 Å². The predicted octanol–water partition coefficient (Wildman–Crippen LogP) is 2.31. The van der Waals surface area contributed by atoms with Gasteiger partial charge in [-0.05, 0) is 26.0 Å². The molecule has 0 N–H and O–H groups in total. The molecule has 0 fully saturated rings. The normalized spacial score (nSPS) is 11.9. The molecule has 2 aromatic heterocycles. The average Bonchev–Trinajstić information content (AvgIpc) is 2.81. The maximum Gasteiger partial charge on any atom is 0.342 e. The lowest BCUT2D eigenvalue weighted by atomic mass is 10.2. The van der Waals surface area contributed by atoms with E-state index < -0.39 is 5.97 Å². The SMILES string of the molecule is C=C[C@@H](C)OC(=O)c1cnn(-c2ccccn2)c1C. The molecular weight excluding hydrogens is 242 g/mol. The molecule has 0 saturated heterocycles. The average molecular weight is 257 g/mol. The fourth-order valence-corrected chi connectivity index (χ4v) is 1.60. The van der Waals surface area contributed by atoms with E-state index in [-0.39, 0.29) is 6.10 Å². The van der Waals surface area contributed by atoms with Crippen molar-refractivity contribution in [3.8, 4) is 5.82 Å². The third-order valence-corrected chi connectivity index (χ3v) is 2.72. The minimum absolute atomic E-state index is 0.329. The van der Waals surface area contributed by atoms with Gasteiger partial charge in [0.1, 0.15) is 11.7 Å². The van der Waals surface area contributed by atoms with Crippen LogP contribution in [0, 0.1) is 6.92 Å². The topological polar surface area (TPSA) is 57.0 Å². The highest BCUT2D eigenvalue weighted by atomic mass is 16.5. The van der Waals surface area contributed by atoms with Crippen LogP contribution in [-0.4, -0.2) is 26.8 Å². The lowest BCUT2D eigenvalue weighted by Gasteiger charge is -2.08. The van der Waals surface area contributed by atoms with Gasteiger partial charge in [0.15, 0.2) is 5.82 Å². The van der Waals surface area contributed by atoms with Gasteiger partial charge in [-0.1, -0.05) is 18.7 Å². The van der Waals surface area contributed by atoms with Crippen LogP contribution in [0.5, 0.6) is 0 Å². The number of esters is 1. The summed E-state index contributed by atoms with van der Waals surface area (Å²) in [5.74, 6) is 0.253. The monoisotopic (exact) mass is 257 g/mol. The molecule has 5 heteroatoms. The zero-order chi connectivity index (χ0) is 13.8. The standard InChI is InChI=1S/C14H15N3O2/c1-4-10(2)19-14(18)12-9-16-17(11(12)3)13-7-5-6-8-15-13/h4-10H,1H2,2-3H3/t10-/m1/s1. The van der Waals surface area contributed by atoms with Crippen molar-refractivity contribution in [1.82, 2.24) is 14.8 Å². The van der Waals surface area contributed by atoms with E-state index in [2.05, 4.69) is 16.7 Å². The first-order valence-corrected chi connectivity index (χ1v) is 5.93. The van der Waals surface area contributed by atoms with Gasteiger partial charge in [-0.2, -0.15) is 5.10 Å². The molecule has 5 nitrogen and oxygen atoms in total. The summed E-state index contributed by atoms with van der Waals surface area (Å²) >= 11 is 0. The van der Waals surface area contributed by atoms with Gasteiger partial charge < -0.3 is 4.74 Å². The lowest BCUT2D eigenvalue weighted by Crippen LogP contribution is -2.13. The highest BCUT2D eigenvalue weighted by Gasteiger charge is 2.18. The van der Waals surface area contributed by atoms with E-state index in [4.69, 9.17) is 4.74 Å². The van der Waals surface area contributed by atoms with Crippen molar-refractivity contribution < 1.29 is 9.53 Å². The Labute approximate surface area is 111 Å². The minimum Gasteiger partial charge on any atom is -0.455 e. The van der Waals surface area contributed by atoms with Crippen molar-refractivity contribution in [2.75, 3.05) is 0 Å². The Morgan fingerprint density at radius 3 is 2.95 bits per heavy atom. The van der Waals surface area contributed by atoms with Gasteiger partial charge in [-0.25, -0.2) is 14.5 Å². The Bertz CT molecular complexity index is 590. The van der Waals surface area contributed by atoms with Crippen molar-refractivity contribution >= 4 is 5.97 Å². The molecule has 2 aromatic rings. The quantitative estimate of drug-likeness (QED) is 0.623. The number of ether oxygens (including phenoxy) is 1. The van der Waals surface area contributed by atoms with Crippen molar-refractivity contribution in [3.05, 3.63) is 54.5 Å². The number of carbonyl (C=O) groups excluding carboxylic acids is 1. The van der Waals surface area contributed by atoms with Gasteiger partial charge in [0.2, 0.25) is 0 Å². The van der Waals surface area contributed by atoms with Gasteiger partial charge in [0.05, 0.1) is 11.9 Å². The summed E-state index contributed by atoms with van der Waals surface area (Å²) in [5.41, 5.74) is 1.12. The molecule has 0 aromatic carbocycles. The zero-order valence-electron chi connectivity index (χ0n) is 10.9. The molecule has 98 valence electrons. The number of hydrogen-bond acceptors (Lipinski definition) is 4. The van der Waals surface area contributed by atoms with Crippen LogP contribution in [0.25, 0.3) is 5.82 Å². The maximum absolute atomic E-state index is 11.9. The van der Waals surface area contributed by atoms with Crippen molar-refractivity contribution in [2.24, 2.45) is 0 Å². The molecule has 2 rings (SSSR count). The second kappa shape index (κ2) is 5.48. The number of pyridine rings is 1. The number of carbonyl (C=O) groups is 1. The number of rotatable bonds is 4. The summed E-state index contributed by atoms with van der Waals surface area (Å²) in [4.78, 5) is 16.1. The van der Waals surface area contributed by atoms with E-state index in [1.165, 1.54) is 6.20 Å². The Hall–Kier alpha value is -2.43. The summed E-state index contributed by atoms with van der Waals surface area (Å²) in [6, 6.07) is 5.51. The number of hydrogen-bond donors (Lipinski definition) is 0. The van der Waals surface area contributed by atoms with Crippen LogP contribution in [0.4, 0.5) is 0 Å². The molecular formula is C14H15N3O2. The van der Waals surface area contributed by atoms with Crippen LogP contribution >= 0.6 is 0 Å². The van der Waals surface area contributed by atoms with Gasteiger partial charge >= 0.3 is 5.97 Å². The predicted molar refractivity (Wildman–Crippen MR) is 71.2 cm³/mol. The summed E-state index contributed by atoms with van der Waals surface area (Å²) in [7, 11) is 0. The third kappa shape index (κ3) is 2.70. The van der Waals surface area contributed by atoms with Gasteiger partial charge in [0.25, 0.3) is 0 Å². The summed E-state index contributed by atoms with van der Waals surface area (Å²) in [6.45, 7) is 7.13. The Morgan fingerprint density at radius 1 is 1.53 bits per heavy atom. The van der Waals surface area contributed by atoms with Crippen LogP contribution in [-0.2, 0) is 4.74 Å². The summed E-state index contributed by atoms with van der Waals surface area (Å²) in [5, 5.41) is 4.17. The molecule has 0 unspecified atom stereocenters.